The molecule has 1 heterocycles. The summed E-state index contributed by atoms with van der Waals surface area (Å²) in [6.07, 6.45) is 22.3. The van der Waals surface area contributed by atoms with Gasteiger partial charge < -0.3 is 5.32 Å². The molecule has 3 spiro atoms. The zero-order valence-corrected chi connectivity index (χ0v) is 34.0. The molecule has 1 aliphatic heterocycles. The number of hydrogen-bond donors (Lipinski definition) is 1. The van der Waals surface area contributed by atoms with Gasteiger partial charge in [0.1, 0.15) is 11.7 Å². The molecule has 4 fully saturated rings. The van der Waals surface area contributed by atoms with E-state index in [2.05, 4.69) is 121 Å². The lowest BCUT2D eigenvalue weighted by molar-refractivity contribution is 0.502. The molecule has 9 aliphatic rings. The molecule has 0 radical (unpaired) electrons. The van der Waals surface area contributed by atoms with E-state index >= 15 is 0 Å². The maximum absolute atomic E-state index is 5.63. The molecule has 3 atom stereocenters. The van der Waals surface area contributed by atoms with Gasteiger partial charge in [0.25, 0.3) is 0 Å². The Morgan fingerprint density at radius 3 is 1.88 bits per heavy atom. The lowest BCUT2D eigenvalue weighted by Gasteiger charge is -2.38. The summed E-state index contributed by atoms with van der Waals surface area (Å²) in [6, 6.07) is 40.4. The van der Waals surface area contributed by atoms with E-state index in [0.29, 0.717) is 0 Å². The van der Waals surface area contributed by atoms with Crippen molar-refractivity contribution < 1.29 is 0 Å². The van der Waals surface area contributed by atoms with Crippen LogP contribution in [0.3, 0.4) is 0 Å². The SMILES string of the molecule is C1=CC2CC2C2=C1c1ccc(C3N=C(c4ccc5c(c4)C4(CCCC4)c4ccccc4C5)NC(c4ccc5c(c4)C4(CCCC4)c4ccccc4-5)=N3)cc1C21CCCC1. The number of allylic oxidation sites excluding steroid dienone is 4. The molecule has 0 amide bonds. The molecule has 3 heteroatoms. The number of rotatable bonds is 3. The molecule has 0 saturated heterocycles. The van der Waals surface area contributed by atoms with E-state index in [1.165, 1.54) is 145 Å². The van der Waals surface area contributed by atoms with Gasteiger partial charge in [0.15, 0.2) is 6.17 Å². The highest BCUT2D eigenvalue weighted by Crippen LogP contribution is 2.66. The van der Waals surface area contributed by atoms with Crippen LogP contribution in [0.4, 0.5) is 0 Å². The zero-order chi connectivity index (χ0) is 38.5. The monoisotopic (exact) mass is 765 g/mol. The second kappa shape index (κ2) is 11.9. The van der Waals surface area contributed by atoms with Crippen LogP contribution in [0.2, 0.25) is 0 Å². The van der Waals surface area contributed by atoms with Crippen molar-refractivity contribution in [3.05, 3.63) is 182 Å². The van der Waals surface area contributed by atoms with Gasteiger partial charge in [0.05, 0.1) is 0 Å². The molecule has 14 rings (SSSR count). The van der Waals surface area contributed by atoms with Crippen LogP contribution in [0.15, 0.2) is 131 Å². The normalized spacial score (nSPS) is 26.1. The van der Waals surface area contributed by atoms with Crippen molar-refractivity contribution in [2.75, 3.05) is 0 Å². The third kappa shape index (κ3) is 4.49. The van der Waals surface area contributed by atoms with E-state index in [4.69, 9.17) is 9.98 Å². The Labute approximate surface area is 348 Å². The van der Waals surface area contributed by atoms with Crippen LogP contribution >= 0.6 is 0 Å². The van der Waals surface area contributed by atoms with E-state index in [0.717, 1.165) is 29.9 Å². The average molecular weight is 766 g/mol. The summed E-state index contributed by atoms with van der Waals surface area (Å²) in [4.78, 5) is 11.2. The lowest BCUT2D eigenvalue weighted by Crippen LogP contribution is -2.37. The first-order valence-corrected chi connectivity index (χ1v) is 23.1. The number of fused-ring (bicyclic) bond motifs is 15. The minimum Gasteiger partial charge on any atom is -0.324 e. The summed E-state index contributed by atoms with van der Waals surface area (Å²) in [7, 11) is 0. The van der Waals surface area contributed by atoms with Crippen molar-refractivity contribution in [1.29, 1.82) is 0 Å². The summed E-state index contributed by atoms with van der Waals surface area (Å²) in [6.45, 7) is 0. The molecule has 0 bridgehead atoms. The molecule has 1 N–H and O–H groups in total. The molecule has 3 unspecified atom stereocenters. The van der Waals surface area contributed by atoms with Crippen LogP contribution in [0.5, 0.6) is 0 Å². The van der Waals surface area contributed by atoms with Gasteiger partial charge in [-0.3, -0.25) is 0 Å². The molecule has 4 saturated carbocycles. The number of amidine groups is 2. The molecule has 59 heavy (non-hydrogen) atoms. The van der Waals surface area contributed by atoms with Gasteiger partial charge in [-0.15, -0.1) is 0 Å². The number of aliphatic imine (C=N–C) groups is 2. The largest absolute Gasteiger partial charge is 0.324 e. The molecule has 8 aliphatic carbocycles. The van der Waals surface area contributed by atoms with E-state index in [-0.39, 0.29) is 22.4 Å². The summed E-state index contributed by atoms with van der Waals surface area (Å²) in [5.74, 6) is 3.42. The third-order valence-electron chi connectivity index (χ3n) is 17.1. The maximum atomic E-state index is 5.63. The Bertz CT molecular complexity index is 2790. The van der Waals surface area contributed by atoms with Gasteiger partial charge in [0, 0.05) is 27.4 Å². The van der Waals surface area contributed by atoms with E-state index < -0.39 is 0 Å². The van der Waals surface area contributed by atoms with E-state index in [1.807, 2.05) is 0 Å². The highest BCUT2D eigenvalue weighted by molar-refractivity contribution is 6.16. The van der Waals surface area contributed by atoms with Crippen LogP contribution in [0.25, 0.3) is 16.7 Å². The fraction of sp³-hybridized carbons (Fsp3) is 0.357. The standard InChI is InChI=1S/C56H51N3/c1-3-13-45-35(11-1)29-36-15-16-37(31-47(36)54(45)23-5-6-24-54)51-57-52(38-18-20-41-40-12-2-4-14-46(40)55(48(41)32-38)25-7-8-26-55)59-53(58-51)39-19-21-42-43-22-17-34-30-44(34)50(43)56(49(42)33-39)27-9-10-28-56/h1-4,11-22,31-34,44,53H,5-10,23-30H2,(H,57,58,59). The molecule has 290 valence electrons. The maximum Gasteiger partial charge on any atom is 0.169 e. The van der Waals surface area contributed by atoms with Crippen molar-refractivity contribution in [3.8, 4) is 11.1 Å². The first kappa shape index (κ1) is 33.5. The highest BCUT2D eigenvalue weighted by atomic mass is 15.2. The van der Waals surface area contributed by atoms with Crippen LogP contribution in [-0.2, 0) is 22.7 Å². The van der Waals surface area contributed by atoms with Crippen molar-refractivity contribution >= 4 is 17.2 Å². The minimum absolute atomic E-state index is 0.0903. The second-order valence-corrected chi connectivity index (χ2v) is 19.8. The van der Waals surface area contributed by atoms with E-state index in [1.54, 1.807) is 22.3 Å². The van der Waals surface area contributed by atoms with Crippen LogP contribution < -0.4 is 5.32 Å². The number of benzene rings is 5. The van der Waals surface area contributed by atoms with Crippen molar-refractivity contribution in [1.82, 2.24) is 5.32 Å². The van der Waals surface area contributed by atoms with Gasteiger partial charge in [-0.2, -0.15) is 0 Å². The number of nitrogens with one attached hydrogen (secondary N) is 1. The summed E-state index contributed by atoms with van der Waals surface area (Å²) in [5, 5.41) is 3.92. The van der Waals surface area contributed by atoms with Crippen LogP contribution in [0.1, 0.15) is 151 Å². The van der Waals surface area contributed by atoms with Gasteiger partial charge in [0.2, 0.25) is 0 Å². The Hall–Kier alpha value is -5.28. The second-order valence-electron chi connectivity index (χ2n) is 19.8. The lowest BCUT2D eigenvalue weighted by atomic mass is 9.65. The molecule has 5 aromatic carbocycles. The summed E-state index contributed by atoms with van der Waals surface area (Å²) in [5.41, 5.74) is 22.3. The smallest absolute Gasteiger partial charge is 0.169 e. The average Bonchev–Trinajstić information content (AvgIpc) is 3.83. The molecular weight excluding hydrogens is 715 g/mol. The molecular formula is C56H51N3. The first-order valence-electron chi connectivity index (χ1n) is 23.1. The Balaban J connectivity index is 0.918. The Morgan fingerprint density at radius 1 is 0.508 bits per heavy atom. The summed E-state index contributed by atoms with van der Waals surface area (Å²) < 4.78 is 0. The van der Waals surface area contributed by atoms with Crippen molar-refractivity contribution in [3.63, 3.8) is 0 Å². The predicted molar refractivity (Wildman–Crippen MR) is 239 cm³/mol. The highest BCUT2D eigenvalue weighted by Gasteiger charge is 2.55. The van der Waals surface area contributed by atoms with Gasteiger partial charge in [-0.1, -0.05) is 142 Å². The number of nitrogens with zero attached hydrogens (tertiary/aromatic N) is 2. The van der Waals surface area contributed by atoms with Gasteiger partial charge >= 0.3 is 0 Å². The Morgan fingerprint density at radius 2 is 1.10 bits per heavy atom. The van der Waals surface area contributed by atoms with Crippen molar-refractivity contribution in [2.45, 2.75) is 112 Å². The van der Waals surface area contributed by atoms with Crippen molar-refractivity contribution in [2.24, 2.45) is 21.8 Å². The molecule has 0 aromatic heterocycles. The van der Waals surface area contributed by atoms with E-state index in [9.17, 15) is 0 Å². The third-order valence-corrected chi connectivity index (χ3v) is 17.1. The van der Waals surface area contributed by atoms with Gasteiger partial charge in [-0.05, 0) is 148 Å². The van der Waals surface area contributed by atoms with Crippen LogP contribution in [-0.4, -0.2) is 11.7 Å². The quantitative estimate of drug-likeness (QED) is 0.195. The van der Waals surface area contributed by atoms with Crippen LogP contribution in [0, 0.1) is 11.8 Å². The first-order chi connectivity index (χ1) is 29.1. The summed E-state index contributed by atoms with van der Waals surface area (Å²) >= 11 is 0. The number of hydrogen-bond acceptors (Lipinski definition) is 3. The predicted octanol–water partition coefficient (Wildman–Crippen LogP) is 12.6. The topological polar surface area (TPSA) is 36.8 Å². The van der Waals surface area contributed by atoms with Gasteiger partial charge in [-0.25, -0.2) is 9.98 Å². The fourth-order valence-corrected chi connectivity index (χ4v) is 14.5. The molecule has 5 aromatic rings. The minimum atomic E-state index is -0.324. The molecule has 3 nitrogen and oxygen atoms in total. The Kier molecular flexibility index (Phi) is 6.78. The zero-order valence-electron chi connectivity index (χ0n) is 34.0. The fourth-order valence-electron chi connectivity index (χ4n) is 14.5.